The Labute approximate surface area is 117 Å². The molecule has 0 saturated carbocycles. The monoisotopic (exact) mass is 272 g/mol. The highest BCUT2D eigenvalue weighted by atomic mass is 16.6. The summed E-state index contributed by atoms with van der Waals surface area (Å²) in [5, 5.41) is 14.0. The lowest BCUT2D eigenvalue weighted by atomic mass is 10.1. The maximum atomic E-state index is 10.8. The molecule has 0 atom stereocenters. The number of methoxy groups -OCH3 is 1. The fourth-order valence-electron chi connectivity index (χ4n) is 1.85. The topological polar surface area (TPSA) is 64.4 Å². The van der Waals surface area contributed by atoms with Gasteiger partial charge in [0.1, 0.15) is 5.75 Å². The first kappa shape index (κ1) is 13.9. The molecule has 5 heteroatoms. The van der Waals surface area contributed by atoms with Crippen LogP contribution in [-0.4, -0.2) is 12.0 Å². The molecule has 0 fully saturated rings. The summed E-state index contributed by atoms with van der Waals surface area (Å²) in [4.78, 5) is 10.4. The Hall–Kier alpha value is -2.56. The zero-order chi connectivity index (χ0) is 14.5. The van der Waals surface area contributed by atoms with Gasteiger partial charge in [-0.25, -0.2) is 0 Å². The average Bonchev–Trinajstić information content (AvgIpc) is 2.46. The molecule has 2 rings (SSSR count). The highest BCUT2D eigenvalue weighted by Crippen LogP contribution is 2.22. The minimum atomic E-state index is -0.391. The maximum Gasteiger partial charge on any atom is 0.271 e. The van der Waals surface area contributed by atoms with E-state index in [-0.39, 0.29) is 5.69 Å². The molecule has 0 heterocycles. The van der Waals surface area contributed by atoms with E-state index in [0.717, 1.165) is 22.6 Å². The van der Waals surface area contributed by atoms with Crippen molar-refractivity contribution in [3.05, 3.63) is 63.7 Å². The van der Waals surface area contributed by atoms with Crippen LogP contribution in [0.15, 0.2) is 42.5 Å². The van der Waals surface area contributed by atoms with E-state index in [9.17, 15) is 10.1 Å². The molecule has 0 aliphatic heterocycles. The number of hydrogen-bond donors (Lipinski definition) is 1. The third-order valence-corrected chi connectivity index (χ3v) is 3.07. The summed E-state index contributed by atoms with van der Waals surface area (Å²) in [5.41, 5.74) is 2.92. The molecular weight excluding hydrogens is 256 g/mol. The molecule has 0 radical (unpaired) electrons. The second kappa shape index (κ2) is 6.06. The van der Waals surface area contributed by atoms with Crippen molar-refractivity contribution in [2.24, 2.45) is 0 Å². The summed E-state index contributed by atoms with van der Waals surface area (Å²) < 4.78 is 5.10. The fourth-order valence-corrected chi connectivity index (χ4v) is 1.85. The molecule has 0 bridgehead atoms. The quantitative estimate of drug-likeness (QED) is 0.668. The lowest BCUT2D eigenvalue weighted by Crippen LogP contribution is -2.02. The molecule has 0 unspecified atom stereocenters. The van der Waals surface area contributed by atoms with Crippen LogP contribution in [0, 0.1) is 17.0 Å². The SMILES string of the molecule is COc1ccc(CNc2cc([N+](=O)[O-])ccc2C)cc1. The zero-order valence-electron chi connectivity index (χ0n) is 11.4. The van der Waals surface area contributed by atoms with Crippen LogP contribution in [0.2, 0.25) is 0 Å². The van der Waals surface area contributed by atoms with E-state index in [4.69, 9.17) is 4.74 Å². The van der Waals surface area contributed by atoms with Gasteiger partial charge in [-0.2, -0.15) is 0 Å². The fraction of sp³-hybridized carbons (Fsp3) is 0.200. The normalized spacial score (nSPS) is 10.1. The van der Waals surface area contributed by atoms with Crippen LogP contribution < -0.4 is 10.1 Å². The number of benzene rings is 2. The predicted octanol–water partition coefficient (Wildman–Crippen LogP) is 3.52. The number of rotatable bonds is 5. The van der Waals surface area contributed by atoms with Crippen molar-refractivity contribution in [2.45, 2.75) is 13.5 Å². The Kier molecular flexibility index (Phi) is 4.20. The molecule has 104 valence electrons. The number of ether oxygens (including phenoxy) is 1. The third kappa shape index (κ3) is 3.26. The number of nitrogens with zero attached hydrogens (tertiary/aromatic N) is 1. The first-order valence-corrected chi connectivity index (χ1v) is 6.22. The van der Waals surface area contributed by atoms with E-state index in [0.29, 0.717) is 6.54 Å². The molecule has 0 saturated heterocycles. The number of non-ortho nitro benzene ring substituents is 1. The van der Waals surface area contributed by atoms with Gasteiger partial charge in [0, 0.05) is 24.4 Å². The van der Waals surface area contributed by atoms with Crippen molar-refractivity contribution in [2.75, 3.05) is 12.4 Å². The predicted molar refractivity (Wildman–Crippen MR) is 78.2 cm³/mol. The van der Waals surface area contributed by atoms with E-state index < -0.39 is 4.92 Å². The van der Waals surface area contributed by atoms with Crippen molar-refractivity contribution in [3.63, 3.8) is 0 Å². The Morgan fingerprint density at radius 2 is 1.90 bits per heavy atom. The van der Waals surface area contributed by atoms with Crippen LogP contribution in [0.25, 0.3) is 0 Å². The van der Waals surface area contributed by atoms with Gasteiger partial charge in [0.05, 0.1) is 12.0 Å². The standard InChI is InChI=1S/C15H16N2O3/c1-11-3-6-13(17(18)19)9-15(11)16-10-12-4-7-14(20-2)8-5-12/h3-9,16H,10H2,1-2H3. The number of nitrogens with one attached hydrogen (secondary N) is 1. The molecule has 0 aliphatic rings. The number of nitro groups is 1. The second-order valence-corrected chi connectivity index (χ2v) is 4.46. The van der Waals surface area contributed by atoms with Gasteiger partial charge >= 0.3 is 0 Å². The highest BCUT2D eigenvalue weighted by Gasteiger charge is 2.08. The zero-order valence-corrected chi connectivity index (χ0v) is 11.4. The highest BCUT2D eigenvalue weighted by molar-refractivity contribution is 5.57. The summed E-state index contributed by atoms with van der Waals surface area (Å²) in [5.74, 6) is 0.806. The maximum absolute atomic E-state index is 10.8. The van der Waals surface area contributed by atoms with Crippen molar-refractivity contribution in [1.29, 1.82) is 0 Å². The number of nitro benzene ring substituents is 1. The van der Waals surface area contributed by atoms with Gasteiger partial charge in [-0.15, -0.1) is 0 Å². The van der Waals surface area contributed by atoms with Crippen LogP contribution in [0.4, 0.5) is 11.4 Å². The van der Waals surface area contributed by atoms with E-state index >= 15 is 0 Å². The van der Waals surface area contributed by atoms with Crippen LogP contribution in [0.5, 0.6) is 5.75 Å². The van der Waals surface area contributed by atoms with Gasteiger partial charge in [-0.3, -0.25) is 10.1 Å². The molecular formula is C15H16N2O3. The molecule has 20 heavy (non-hydrogen) atoms. The second-order valence-electron chi connectivity index (χ2n) is 4.46. The number of anilines is 1. The van der Waals surface area contributed by atoms with Gasteiger partial charge in [0.15, 0.2) is 0 Å². The van der Waals surface area contributed by atoms with E-state index in [2.05, 4.69) is 5.32 Å². The average molecular weight is 272 g/mol. The lowest BCUT2D eigenvalue weighted by Gasteiger charge is -2.10. The number of aryl methyl sites for hydroxylation is 1. The van der Waals surface area contributed by atoms with Crippen molar-refractivity contribution in [1.82, 2.24) is 0 Å². The van der Waals surface area contributed by atoms with Gasteiger partial charge < -0.3 is 10.1 Å². The summed E-state index contributed by atoms with van der Waals surface area (Å²) in [6.07, 6.45) is 0. The molecule has 0 spiro atoms. The van der Waals surface area contributed by atoms with E-state index in [1.54, 1.807) is 19.2 Å². The largest absolute Gasteiger partial charge is 0.497 e. The Morgan fingerprint density at radius 1 is 1.20 bits per heavy atom. The van der Waals surface area contributed by atoms with Crippen molar-refractivity contribution < 1.29 is 9.66 Å². The van der Waals surface area contributed by atoms with Crippen molar-refractivity contribution in [3.8, 4) is 5.75 Å². The summed E-state index contributed by atoms with van der Waals surface area (Å²) in [6.45, 7) is 2.52. The lowest BCUT2D eigenvalue weighted by molar-refractivity contribution is -0.384. The molecule has 0 aromatic heterocycles. The van der Waals surface area contributed by atoms with Gasteiger partial charge in [0.25, 0.3) is 5.69 Å². The molecule has 0 amide bonds. The van der Waals surface area contributed by atoms with Crippen molar-refractivity contribution >= 4 is 11.4 Å². The third-order valence-electron chi connectivity index (χ3n) is 3.07. The first-order chi connectivity index (χ1) is 9.60. The smallest absolute Gasteiger partial charge is 0.271 e. The first-order valence-electron chi connectivity index (χ1n) is 6.22. The molecule has 2 aromatic rings. The molecule has 5 nitrogen and oxygen atoms in total. The number of hydrogen-bond acceptors (Lipinski definition) is 4. The molecule has 2 aromatic carbocycles. The Balaban J connectivity index is 2.09. The summed E-state index contributed by atoms with van der Waals surface area (Å²) in [7, 11) is 1.62. The van der Waals surface area contributed by atoms with Crippen LogP contribution in [0.1, 0.15) is 11.1 Å². The minimum absolute atomic E-state index is 0.0906. The van der Waals surface area contributed by atoms with E-state index in [1.165, 1.54) is 6.07 Å². The minimum Gasteiger partial charge on any atom is -0.497 e. The summed E-state index contributed by atoms with van der Waals surface area (Å²) in [6, 6.07) is 12.5. The van der Waals surface area contributed by atoms with Crippen LogP contribution in [0.3, 0.4) is 0 Å². The summed E-state index contributed by atoms with van der Waals surface area (Å²) >= 11 is 0. The van der Waals surface area contributed by atoms with Gasteiger partial charge in [-0.05, 0) is 30.2 Å². The van der Waals surface area contributed by atoms with E-state index in [1.807, 2.05) is 31.2 Å². The molecule has 1 N–H and O–H groups in total. The van der Waals surface area contributed by atoms with Crippen LogP contribution in [-0.2, 0) is 6.54 Å². The molecule has 0 aliphatic carbocycles. The van der Waals surface area contributed by atoms with Gasteiger partial charge in [-0.1, -0.05) is 18.2 Å². The van der Waals surface area contributed by atoms with Crippen LogP contribution >= 0.6 is 0 Å². The Morgan fingerprint density at radius 3 is 2.50 bits per heavy atom. The van der Waals surface area contributed by atoms with Gasteiger partial charge in [0.2, 0.25) is 0 Å². The Bertz CT molecular complexity index is 609.